The van der Waals surface area contributed by atoms with Crippen molar-refractivity contribution in [1.82, 2.24) is 0 Å². The van der Waals surface area contributed by atoms with Crippen LogP contribution in [0.5, 0.6) is 17.2 Å². The van der Waals surface area contributed by atoms with Crippen molar-refractivity contribution < 1.29 is 49.4 Å². The molecule has 2 aliphatic carbocycles. The zero-order valence-corrected chi connectivity index (χ0v) is 21.8. The Bertz CT molecular complexity index is 1360. The van der Waals surface area contributed by atoms with Crippen molar-refractivity contribution >= 4 is 33.3 Å². The molecule has 1 aliphatic heterocycles. The Labute approximate surface area is 224 Å². The third kappa shape index (κ3) is 3.94. The maximum atomic E-state index is 13.4. The van der Waals surface area contributed by atoms with E-state index in [1.807, 2.05) is 0 Å². The Balaban J connectivity index is 1.68. The minimum atomic E-state index is -2.06. The second-order valence-electron chi connectivity index (χ2n) is 9.95. The van der Waals surface area contributed by atoms with Gasteiger partial charge in [-0.25, -0.2) is 0 Å². The standard InChI is InChI=1S/C26H26BrNO10/c1-9-21(31)12(28)5-16(37-9)38-14-7-26(36,15(30)8-27)6-11-18(14)25(35)20-19(23(11)33)22(32)10-3-2-4-13(29)17(10)24(20)34/h2-4,9,12,14,16,21,29,31,33,35-36H,5-8,28H2,1H3. The van der Waals surface area contributed by atoms with Crippen LogP contribution in [-0.4, -0.2) is 78.4 Å². The molecule has 7 N–H and O–H groups in total. The van der Waals surface area contributed by atoms with Gasteiger partial charge in [0, 0.05) is 42.0 Å². The fourth-order valence-corrected chi connectivity index (χ4v) is 6.09. The number of ether oxygens (including phenoxy) is 2. The number of nitrogens with two attached hydrogens (primary N) is 1. The monoisotopic (exact) mass is 591 g/mol. The number of hydrogen-bond donors (Lipinski definition) is 6. The van der Waals surface area contributed by atoms with Gasteiger partial charge in [-0.3, -0.25) is 14.4 Å². The quantitative estimate of drug-likeness (QED) is 0.187. The highest BCUT2D eigenvalue weighted by Crippen LogP contribution is 2.52. The summed E-state index contributed by atoms with van der Waals surface area (Å²) in [6, 6.07) is 3.19. The molecule has 1 fully saturated rings. The van der Waals surface area contributed by atoms with Gasteiger partial charge in [-0.2, -0.15) is 0 Å². The first-order chi connectivity index (χ1) is 17.9. The molecule has 3 aliphatic rings. The van der Waals surface area contributed by atoms with Crippen LogP contribution in [0.25, 0.3) is 0 Å². The maximum absolute atomic E-state index is 13.4. The number of rotatable bonds is 4. The zero-order valence-electron chi connectivity index (χ0n) is 20.2. The smallest absolute Gasteiger partial charge is 0.202 e. The number of phenols is 3. The molecule has 5 rings (SSSR count). The van der Waals surface area contributed by atoms with Gasteiger partial charge in [-0.05, 0) is 13.0 Å². The van der Waals surface area contributed by atoms with Crippen LogP contribution < -0.4 is 5.73 Å². The lowest BCUT2D eigenvalue weighted by Crippen LogP contribution is -2.52. The van der Waals surface area contributed by atoms with Crippen molar-refractivity contribution in [3.05, 3.63) is 51.6 Å². The second kappa shape index (κ2) is 9.40. The fourth-order valence-electron chi connectivity index (χ4n) is 5.57. The molecular weight excluding hydrogens is 566 g/mol. The van der Waals surface area contributed by atoms with Crippen molar-refractivity contribution in [1.29, 1.82) is 0 Å². The fraction of sp³-hybridized carbons (Fsp3) is 0.423. The molecule has 12 heteroatoms. The molecule has 1 saturated heterocycles. The third-order valence-electron chi connectivity index (χ3n) is 7.58. The lowest BCUT2D eigenvalue weighted by Gasteiger charge is -2.42. The number of carbonyl (C=O) groups excluding carboxylic acids is 3. The molecular formula is C26H26BrNO10. The van der Waals surface area contributed by atoms with E-state index in [-0.39, 0.29) is 40.4 Å². The number of hydrogen-bond acceptors (Lipinski definition) is 11. The summed E-state index contributed by atoms with van der Waals surface area (Å²) in [6.45, 7) is 1.59. The average Bonchev–Trinajstić information content (AvgIpc) is 2.86. The van der Waals surface area contributed by atoms with Crippen molar-refractivity contribution in [3.8, 4) is 17.2 Å². The minimum absolute atomic E-state index is 0.0402. The molecule has 0 spiro atoms. The van der Waals surface area contributed by atoms with Gasteiger partial charge >= 0.3 is 0 Å². The molecule has 1 heterocycles. The third-order valence-corrected chi connectivity index (χ3v) is 8.09. The number of phenolic OH excluding ortho intramolecular Hbond substituents is 3. The maximum Gasteiger partial charge on any atom is 0.202 e. The van der Waals surface area contributed by atoms with Crippen LogP contribution >= 0.6 is 15.9 Å². The van der Waals surface area contributed by atoms with Gasteiger partial charge < -0.3 is 40.7 Å². The first-order valence-corrected chi connectivity index (χ1v) is 13.1. The highest BCUT2D eigenvalue weighted by atomic mass is 79.9. The Hall–Kier alpha value is -2.87. The molecule has 6 unspecified atom stereocenters. The molecule has 2 aromatic carbocycles. The lowest BCUT2D eigenvalue weighted by atomic mass is 9.72. The van der Waals surface area contributed by atoms with Crippen LogP contribution in [0.15, 0.2) is 18.2 Å². The van der Waals surface area contributed by atoms with Gasteiger partial charge in [0.2, 0.25) is 5.78 Å². The number of halogens is 1. The molecule has 0 saturated carbocycles. The van der Waals surface area contributed by atoms with Crippen molar-refractivity contribution in [2.45, 2.75) is 62.4 Å². The molecule has 38 heavy (non-hydrogen) atoms. The molecule has 0 aromatic heterocycles. The summed E-state index contributed by atoms with van der Waals surface area (Å²) in [4.78, 5) is 39.5. The Morgan fingerprint density at radius 3 is 2.50 bits per heavy atom. The highest BCUT2D eigenvalue weighted by Gasteiger charge is 2.50. The van der Waals surface area contributed by atoms with E-state index >= 15 is 0 Å². The van der Waals surface area contributed by atoms with E-state index in [4.69, 9.17) is 15.2 Å². The van der Waals surface area contributed by atoms with Crippen LogP contribution in [0, 0.1) is 0 Å². The topological polar surface area (TPSA) is 197 Å². The van der Waals surface area contributed by atoms with Crippen LogP contribution in [0.3, 0.4) is 0 Å². The van der Waals surface area contributed by atoms with Crippen molar-refractivity contribution in [3.63, 3.8) is 0 Å². The molecule has 2 aromatic rings. The first kappa shape index (κ1) is 26.7. The minimum Gasteiger partial charge on any atom is -0.507 e. The van der Waals surface area contributed by atoms with E-state index in [0.717, 1.165) is 0 Å². The zero-order chi connectivity index (χ0) is 27.7. The first-order valence-electron chi connectivity index (χ1n) is 12.0. The van der Waals surface area contributed by atoms with E-state index in [1.165, 1.54) is 18.2 Å². The lowest BCUT2D eigenvalue weighted by molar-refractivity contribution is -0.247. The molecule has 0 amide bonds. The van der Waals surface area contributed by atoms with E-state index in [2.05, 4.69) is 15.9 Å². The van der Waals surface area contributed by atoms with Crippen molar-refractivity contribution in [2.75, 3.05) is 5.33 Å². The Morgan fingerprint density at radius 2 is 1.84 bits per heavy atom. The van der Waals surface area contributed by atoms with Gasteiger partial charge in [0.1, 0.15) is 22.8 Å². The Morgan fingerprint density at radius 1 is 1.16 bits per heavy atom. The summed E-state index contributed by atoms with van der Waals surface area (Å²) < 4.78 is 11.8. The number of carbonyl (C=O) groups is 3. The summed E-state index contributed by atoms with van der Waals surface area (Å²) in [5.41, 5.74) is 2.23. The SMILES string of the molecule is CC1OC(OC2CC(O)(C(=O)CBr)Cc3c(O)c4c(c(O)c32)C(=O)c2c(O)cccc2C4=O)CC(N)C1O. The van der Waals surface area contributed by atoms with E-state index in [0.29, 0.717) is 0 Å². The molecule has 0 radical (unpaired) electrons. The van der Waals surface area contributed by atoms with Gasteiger partial charge in [0.15, 0.2) is 17.9 Å². The van der Waals surface area contributed by atoms with E-state index < -0.39 is 88.4 Å². The van der Waals surface area contributed by atoms with E-state index in [9.17, 15) is 39.9 Å². The van der Waals surface area contributed by atoms with Crippen LogP contribution in [-0.2, 0) is 20.7 Å². The van der Waals surface area contributed by atoms with Crippen LogP contribution in [0.1, 0.15) is 68.8 Å². The second-order valence-corrected chi connectivity index (χ2v) is 10.5. The van der Waals surface area contributed by atoms with Gasteiger partial charge in [0.05, 0.1) is 40.3 Å². The molecule has 11 nitrogen and oxygen atoms in total. The number of aliphatic hydroxyl groups excluding tert-OH is 1. The van der Waals surface area contributed by atoms with Gasteiger partial charge in [-0.1, -0.05) is 28.1 Å². The van der Waals surface area contributed by atoms with Crippen LogP contribution in [0.4, 0.5) is 0 Å². The van der Waals surface area contributed by atoms with Crippen molar-refractivity contribution in [2.24, 2.45) is 5.73 Å². The normalized spacial score (nSPS) is 30.4. The number of aromatic hydroxyl groups is 3. The molecule has 6 atom stereocenters. The van der Waals surface area contributed by atoms with Gasteiger partial charge in [0.25, 0.3) is 0 Å². The van der Waals surface area contributed by atoms with Crippen LogP contribution in [0.2, 0.25) is 0 Å². The predicted octanol–water partition coefficient (Wildman–Crippen LogP) is 1.10. The number of ketones is 3. The number of Topliss-reactive ketones (excluding diaryl/α,β-unsaturated/α-hetero) is 1. The number of aliphatic hydroxyl groups is 2. The summed E-state index contributed by atoms with van der Waals surface area (Å²) in [5, 5.41) is 54.2. The van der Waals surface area contributed by atoms with E-state index in [1.54, 1.807) is 6.92 Å². The molecule has 0 bridgehead atoms. The predicted molar refractivity (Wildman–Crippen MR) is 134 cm³/mol. The average molecular weight is 592 g/mol. The summed E-state index contributed by atoms with van der Waals surface area (Å²) in [5.74, 6) is -4.15. The number of fused-ring (bicyclic) bond motifs is 3. The highest BCUT2D eigenvalue weighted by molar-refractivity contribution is 9.09. The van der Waals surface area contributed by atoms with Gasteiger partial charge in [-0.15, -0.1) is 0 Å². The number of alkyl halides is 1. The summed E-state index contributed by atoms with van der Waals surface area (Å²) >= 11 is 3.05. The number of benzene rings is 2. The molecule has 202 valence electrons. The summed E-state index contributed by atoms with van der Waals surface area (Å²) in [7, 11) is 0. The Kier molecular flexibility index (Phi) is 6.61. The summed E-state index contributed by atoms with van der Waals surface area (Å²) in [6.07, 6.45) is -4.77. The largest absolute Gasteiger partial charge is 0.507 e.